The highest BCUT2D eigenvalue weighted by atomic mass is 16.5. The molecule has 0 aromatic heterocycles. The molecule has 4 nitrogen and oxygen atoms in total. The molecule has 168 valence electrons. The fourth-order valence-corrected chi connectivity index (χ4v) is 4.33. The molecule has 0 saturated carbocycles. The quantitative estimate of drug-likeness (QED) is 0.372. The van der Waals surface area contributed by atoms with Gasteiger partial charge in [-0.3, -0.25) is 9.59 Å². The van der Waals surface area contributed by atoms with E-state index in [2.05, 4.69) is 0 Å². The zero-order valence-corrected chi connectivity index (χ0v) is 18.6. The summed E-state index contributed by atoms with van der Waals surface area (Å²) in [5, 5.41) is 0. The topological polar surface area (TPSA) is 52.6 Å². The Morgan fingerprint density at radius 3 is 1.24 bits per heavy atom. The van der Waals surface area contributed by atoms with Crippen LogP contribution in [0.5, 0.6) is 11.5 Å². The van der Waals surface area contributed by atoms with Gasteiger partial charge in [0.1, 0.15) is 24.7 Å². The van der Waals surface area contributed by atoms with Crippen molar-refractivity contribution in [3.63, 3.8) is 0 Å². The van der Waals surface area contributed by atoms with E-state index in [0.717, 1.165) is 11.1 Å². The van der Waals surface area contributed by atoms with Gasteiger partial charge in [-0.1, -0.05) is 84.9 Å². The first-order chi connectivity index (χ1) is 16.7. The van der Waals surface area contributed by atoms with E-state index in [4.69, 9.17) is 9.47 Å². The molecule has 2 atom stereocenters. The Morgan fingerprint density at radius 2 is 0.824 bits per heavy atom. The van der Waals surface area contributed by atoms with Crippen molar-refractivity contribution in [2.24, 2.45) is 0 Å². The van der Waals surface area contributed by atoms with Crippen molar-refractivity contribution in [3.05, 3.63) is 131 Å². The van der Waals surface area contributed by atoms with E-state index in [9.17, 15) is 9.59 Å². The maximum atomic E-state index is 12.3. The number of carbonyl (C=O) groups is 2. The second-order valence-corrected chi connectivity index (χ2v) is 8.27. The Hall–Kier alpha value is -4.18. The second-order valence-electron chi connectivity index (χ2n) is 8.27. The number of benzene rings is 4. The summed E-state index contributed by atoms with van der Waals surface area (Å²) in [6, 6.07) is 34.4. The largest absolute Gasteiger partial charge is 0.492 e. The summed E-state index contributed by atoms with van der Waals surface area (Å²) in [4.78, 5) is 24.7. The zero-order valence-electron chi connectivity index (χ0n) is 18.6. The van der Waals surface area contributed by atoms with Crippen LogP contribution >= 0.6 is 0 Å². The number of hydrogen-bond donors (Lipinski definition) is 0. The van der Waals surface area contributed by atoms with Crippen LogP contribution in [0.2, 0.25) is 0 Å². The summed E-state index contributed by atoms with van der Waals surface area (Å²) in [7, 11) is 0. The molecule has 0 fully saturated rings. The van der Waals surface area contributed by atoms with E-state index in [1.54, 1.807) is 0 Å². The molecule has 4 aromatic rings. The maximum absolute atomic E-state index is 12.3. The summed E-state index contributed by atoms with van der Waals surface area (Å²) in [5.41, 5.74) is 3.42. The highest BCUT2D eigenvalue weighted by Gasteiger charge is 2.30. The number of ether oxygens (including phenoxy) is 2. The van der Waals surface area contributed by atoms with Gasteiger partial charge in [0.25, 0.3) is 0 Å². The number of Topliss-reactive ketones (excluding diaryl/α,β-unsaturated/α-hetero) is 2. The Bertz CT molecular complexity index is 1190. The zero-order chi connectivity index (χ0) is 23.3. The van der Waals surface area contributed by atoms with Crippen molar-refractivity contribution in [2.45, 2.75) is 11.8 Å². The van der Waals surface area contributed by atoms with Crippen molar-refractivity contribution in [3.8, 4) is 11.5 Å². The van der Waals surface area contributed by atoms with Crippen LogP contribution in [0.15, 0.2) is 109 Å². The third-order valence-electron chi connectivity index (χ3n) is 6.15. The summed E-state index contributed by atoms with van der Waals surface area (Å²) in [5.74, 6) is 1.35. The van der Waals surface area contributed by atoms with Crippen LogP contribution in [0.25, 0.3) is 0 Å². The highest BCUT2D eigenvalue weighted by molar-refractivity contribution is 6.04. The minimum atomic E-state index is -0.175. The SMILES string of the molecule is O=C1c2ccccc2OCC1c1ccccc1.O=C1c2ccccc2OCC1c1ccccc1. The lowest BCUT2D eigenvalue weighted by Gasteiger charge is -2.24. The van der Waals surface area contributed by atoms with E-state index in [1.165, 1.54) is 0 Å². The lowest BCUT2D eigenvalue weighted by molar-refractivity contribution is 0.0887. The predicted octanol–water partition coefficient (Wildman–Crippen LogP) is 6.09. The smallest absolute Gasteiger partial charge is 0.177 e. The van der Waals surface area contributed by atoms with Gasteiger partial charge in [-0.15, -0.1) is 0 Å². The lowest BCUT2D eigenvalue weighted by atomic mass is 9.89. The molecule has 0 aliphatic carbocycles. The standard InChI is InChI=1S/2C15H12O2/c2*16-15-12-8-4-5-9-14(12)17-10-13(15)11-6-2-1-3-7-11/h2*1-9,13H,10H2. The van der Waals surface area contributed by atoms with Crippen molar-refractivity contribution in [1.82, 2.24) is 0 Å². The molecule has 0 radical (unpaired) electrons. The minimum absolute atomic E-state index is 0.151. The van der Waals surface area contributed by atoms with Crippen molar-refractivity contribution in [2.75, 3.05) is 13.2 Å². The van der Waals surface area contributed by atoms with Gasteiger partial charge in [0.2, 0.25) is 0 Å². The second kappa shape index (κ2) is 9.75. The summed E-state index contributed by atoms with van der Waals surface area (Å²) < 4.78 is 11.3. The van der Waals surface area contributed by atoms with Gasteiger partial charge in [0, 0.05) is 0 Å². The molecular weight excluding hydrogens is 424 g/mol. The first-order valence-electron chi connectivity index (χ1n) is 11.3. The third kappa shape index (κ3) is 4.35. The number of carbonyl (C=O) groups excluding carboxylic acids is 2. The van der Waals surface area contributed by atoms with E-state index in [-0.39, 0.29) is 23.4 Å². The number of rotatable bonds is 2. The molecule has 34 heavy (non-hydrogen) atoms. The molecule has 2 aliphatic rings. The van der Waals surface area contributed by atoms with E-state index < -0.39 is 0 Å². The number of fused-ring (bicyclic) bond motifs is 2. The van der Waals surface area contributed by atoms with Crippen LogP contribution in [-0.2, 0) is 0 Å². The lowest BCUT2D eigenvalue weighted by Crippen LogP contribution is -2.25. The third-order valence-corrected chi connectivity index (χ3v) is 6.15. The van der Waals surface area contributed by atoms with Crippen LogP contribution in [0.1, 0.15) is 43.7 Å². The maximum Gasteiger partial charge on any atom is 0.177 e. The van der Waals surface area contributed by atoms with Crippen molar-refractivity contribution >= 4 is 11.6 Å². The molecule has 2 unspecified atom stereocenters. The van der Waals surface area contributed by atoms with Crippen LogP contribution < -0.4 is 9.47 Å². The van der Waals surface area contributed by atoms with Crippen LogP contribution in [0.3, 0.4) is 0 Å². The van der Waals surface area contributed by atoms with Gasteiger partial charge in [0.15, 0.2) is 11.6 Å². The average Bonchev–Trinajstić information content (AvgIpc) is 2.91. The fraction of sp³-hybridized carbons (Fsp3) is 0.133. The van der Waals surface area contributed by atoms with Crippen molar-refractivity contribution < 1.29 is 19.1 Å². The average molecular weight is 449 g/mol. The molecule has 2 heterocycles. The first kappa shape index (κ1) is 21.7. The van der Waals surface area contributed by atoms with E-state index >= 15 is 0 Å². The Morgan fingerprint density at radius 1 is 0.471 bits per heavy atom. The van der Waals surface area contributed by atoms with Gasteiger partial charge in [-0.05, 0) is 35.4 Å². The number of hydrogen-bond acceptors (Lipinski definition) is 4. The minimum Gasteiger partial charge on any atom is -0.492 e. The molecule has 2 aliphatic heterocycles. The van der Waals surface area contributed by atoms with Gasteiger partial charge >= 0.3 is 0 Å². The summed E-state index contributed by atoms with van der Waals surface area (Å²) in [6.45, 7) is 0.861. The van der Waals surface area contributed by atoms with Gasteiger partial charge in [-0.2, -0.15) is 0 Å². The normalized spacial score (nSPS) is 18.4. The molecule has 6 rings (SSSR count). The van der Waals surface area contributed by atoms with Crippen LogP contribution in [0.4, 0.5) is 0 Å². The summed E-state index contributed by atoms with van der Waals surface area (Å²) in [6.07, 6.45) is 0. The molecule has 4 aromatic carbocycles. The molecule has 0 N–H and O–H groups in total. The highest BCUT2D eigenvalue weighted by Crippen LogP contribution is 2.33. The molecular formula is C30H24O4. The van der Waals surface area contributed by atoms with Gasteiger partial charge in [-0.25, -0.2) is 0 Å². The van der Waals surface area contributed by atoms with Crippen LogP contribution in [0, 0.1) is 0 Å². The van der Waals surface area contributed by atoms with E-state index in [1.807, 2.05) is 109 Å². The van der Waals surface area contributed by atoms with Gasteiger partial charge < -0.3 is 9.47 Å². The number of para-hydroxylation sites is 2. The molecule has 0 spiro atoms. The number of ketones is 2. The monoisotopic (exact) mass is 448 g/mol. The molecule has 4 heteroatoms. The Labute approximate surface area is 198 Å². The molecule has 0 bridgehead atoms. The predicted molar refractivity (Wildman–Crippen MR) is 131 cm³/mol. The molecule has 0 amide bonds. The first-order valence-corrected chi connectivity index (χ1v) is 11.3. The fourth-order valence-electron chi connectivity index (χ4n) is 4.33. The van der Waals surface area contributed by atoms with E-state index in [0.29, 0.717) is 35.8 Å². The van der Waals surface area contributed by atoms with Crippen molar-refractivity contribution in [1.29, 1.82) is 0 Å². The summed E-state index contributed by atoms with van der Waals surface area (Å²) >= 11 is 0. The van der Waals surface area contributed by atoms with Gasteiger partial charge in [0.05, 0.1) is 23.0 Å². The Kier molecular flexibility index (Phi) is 6.21. The van der Waals surface area contributed by atoms with Crippen LogP contribution in [-0.4, -0.2) is 24.8 Å². The Balaban J connectivity index is 0.000000142. The molecule has 0 saturated heterocycles.